The molecule has 0 atom stereocenters. The number of piperidine rings is 1. The number of ether oxygens (including phenoxy) is 3. The van der Waals surface area contributed by atoms with E-state index in [-0.39, 0.29) is 24.6 Å². The van der Waals surface area contributed by atoms with Crippen LogP contribution in [0.3, 0.4) is 0 Å². The highest BCUT2D eigenvalue weighted by Gasteiger charge is 2.26. The summed E-state index contributed by atoms with van der Waals surface area (Å²) in [5, 5.41) is 3.08. The van der Waals surface area contributed by atoms with Gasteiger partial charge in [-0.2, -0.15) is 0 Å². The van der Waals surface area contributed by atoms with E-state index in [1.54, 1.807) is 25.3 Å². The van der Waals surface area contributed by atoms with Crippen LogP contribution in [0.5, 0.6) is 17.2 Å². The number of methoxy groups -OCH3 is 1. The maximum atomic E-state index is 12.8. The van der Waals surface area contributed by atoms with Crippen LogP contribution in [0, 0.1) is 0 Å². The van der Waals surface area contributed by atoms with E-state index in [1.807, 2.05) is 29.2 Å². The van der Waals surface area contributed by atoms with Gasteiger partial charge in [0.05, 0.1) is 13.5 Å². The lowest BCUT2D eigenvalue weighted by Gasteiger charge is -2.32. The molecule has 2 amide bonds. The SMILES string of the molecule is COc1ccc(CC(=O)NC2CCN(C(=O)c3ccc4c(c3)OCO4)CC2)cc1. The highest BCUT2D eigenvalue weighted by Crippen LogP contribution is 2.33. The Hall–Kier alpha value is -3.22. The molecule has 0 bridgehead atoms. The number of amides is 2. The Kier molecular flexibility index (Phi) is 5.55. The standard InChI is InChI=1S/C22H24N2O5/c1-27-18-5-2-15(3-6-18)12-21(25)23-17-8-10-24(11-9-17)22(26)16-4-7-19-20(13-16)29-14-28-19/h2-7,13,17H,8-12,14H2,1H3,(H,23,25). The van der Waals surface area contributed by atoms with Crippen LogP contribution in [0.4, 0.5) is 0 Å². The van der Waals surface area contributed by atoms with Crippen molar-refractivity contribution in [3.05, 3.63) is 53.6 Å². The smallest absolute Gasteiger partial charge is 0.253 e. The Labute approximate surface area is 169 Å². The fourth-order valence-electron chi connectivity index (χ4n) is 3.65. The molecule has 2 aliphatic heterocycles. The van der Waals surface area contributed by atoms with Crippen molar-refractivity contribution >= 4 is 11.8 Å². The number of rotatable bonds is 5. The van der Waals surface area contributed by atoms with E-state index in [0.717, 1.165) is 24.2 Å². The molecule has 4 rings (SSSR count). The molecular weight excluding hydrogens is 372 g/mol. The van der Waals surface area contributed by atoms with Crippen molar-refractivity contribution in [3.63, 3.8) is 0 Å². The van der Waals surface area contributed by atoms with E-state index >= 15 is 0 Å². The topological polar surface area (TPSA) is 77.1 Å². The Morgan fingerprint density at radius 1 is 1.07 bits per heavy atom. The quantitative estimate of drug-likeness (QED) is 0.840. The van der Waals surface area contributed by atoms with E-state index in [1.165, 1.54) is 0 Å². The molecule has 1 fully saturated rings. The van der Waals surface area contributed by atoms with E-state index in [4.69, 9.17) is 14.2 Å². The summed E-state index contributed by atoms with van der Waals surface area (Å²) in [4.78, 5) is 26.9. The molecule has 29 heavy (non-hydrogen) atoms. The largest absolute Gasteiger partial charge is 0.497 e. The highest BCUT2D eigenvalue weighted by atomic mass is 16.7. The van der Waals surface area contributed by atoms with Crippen molar-refractivity contribution in [2.75, 3.05) is 27.0 Å². The van der Waals surface area contributed by atoms with Gasteiger partial charge in [0.1, 0.15) is 5.75 Å². The third-order valence-corrected chi connectivity index (χ3v) is 5.29. The van der Waals surface area contributed by atoms with Crippen molar-refractivity contribution in [2.45, 2.75) is 25.3 Å². The number of fused-ring (bicyclic) bond motifs is 1. The summed E-state index contributed by atoms with van der Waals surface area (Å²) in [6.45, 7) is 1.41. The molecule has 0 unspecified atom stereocenters. The predicted molar refractivity (Wildman–Crippen MR) is 106 cm³/mol. The lowest BCUT2D eigenvalue weighted by Crippen LogP contribution is -2.46. The number of likely N-dealkylation sites (tertiary alicyclic amines) is 1. The Morgan fingerprint density at radius 3 is 2.52 bits per heavy atom. The molecule has 2 aromatic rings. The van der Waals surface area contributed by atoms with Crippen LogP contribution >= 0.6 is 0 Å². The van der Waals surface area contributed by atoms with Crippen LogP contribution in [-0.4, -0.2) is 49.7 Å². The predicted octanol–water partition coefficient (Wildman–Crippen LogP) is 2.39. The number of nitrogens with zero attached hydrogens (tertiary/aromatic N) is 1. The molecule has 0 radical (unpaired) electrons. The van der Waals surface area contributed by atoms with Gasteiger partial charge in [0.15, 0.2) is 11.5 Å². The maximum absolute atomic E-state index is 12.8. The third-order valence-electron chi connectivity index (χ3n) is 5.29. The summed E-state index contributed by atoms with van der Waals surface area (Å²) in [5.74, 6) is 2.02. The second kappa shape index (κ2) is 8.43. The zero-order chi connectivity index (χ0) is 20.2. The molecule has 0 aliphatic carbocycles. The van der Waals surface area contributed by atoms with Gasteiger partial charge in [-0.15, -0.1) is 0 Å². The van der Waals surface area contributed by atoms with Gasteiger partial charge in [-0.1, -0.05) is 12.1 Å². The van der Waals surface area contributed by atoms with Crippen LogP contribution in [0.2, 0.25) is 0 Å². The number of carbonyl (C=O) groups excluding carboxylic acids is 2. The molecule has 1 N–H and O–H groups in total. The maximum Gasteiger partial charge on any atom is 0.253 e. The minimum atomic E-state index is -0.0219. The average Bonchev–Trinajstić information content (AvgIpc) is 3.22. The van der Waals surface area contributed by atoms with E-state index < -0.39 is 0 Å². The van der Waals surface area contributed by atoms with Crippen molar-refractivity contribution in [3.8, 4) is 17.2 Å². The highest BCUT2D eigenvalue weighted by molar-refractivity contribution is 5.95. The first kappa shape index (κ1) is 19.1. The molecule has 0 aromatic heterocycles. The number of carbonyl (C=O) groups is 2. The molecule has 7 heteroatoms. The first-order valence-electron chi connectivity index (χ1n) is 9.73. The summed E-state index contributed by atoms with van der Waals surface area (Å²) in [6.07, 6.45) is 1.82. The lowest BCUT2D eigenvalue weighted by molar-refractivity contribution is -0.121. The number of benzene rings is 2. The van der Waals surface area contributed by atoms with Crippen molar-refractivity contribution in [1.82, 2.24) is 10.2 Å². The zero-order valence-corrected chi connectivity index (χ0v) is 16.3. The molecule has 7 nitrogen and oxygen atoms in total. The Bertz CT molecular complexity index is 889. The van der Waals surface area contributed by atoms with Crippen molar-refractivity contribution < 1.29 is 23.8 Å². The van der Waals surface area contributed by atoms with Gasteiger partial charge in [-0.3, -0.25) is 9.59 Å². The summed E-state index contributed by atoms with van der Waals surface area (Å²) < 4.78 is 15.8. The van der Waals surface area contributed by atoms with Gasteiger partial charge in [0, 0.05) is 24.7 Å². The summed E-state index contributed by atoms with van der Waals surface area (Å²) in [5.41, 5.74) is 1.54. The van der Waals surface area contributed by atoms with Crippen LogP contribution in [0.15, 0.2) is 42.5 Å². The molecule has 1 saturated heterocycles. The van der Waals surface area contributed by atoms with Crippen LogP contribution in [-0.2, 0) is 11.2 Å². The molecule has 2 aliphatic rings. The fraction of sp³-hybridized carbons (Fsp3) is 0.364. The molecule has 0 saturated carbocycles. The van der Waals surface area contributed by atoms with Crippen molar-refractivity contribution in [1.29, 1.82) is 0 Å². The number of nitrogens with one attached hydrogen (secondary N) is 1. The molecular formula is C22H24N2O5. The average molecular weight is 396 g/mol. The first-order valence-corrected chi connectivity index (χ1v) is 9.73. The Morgan fingerprint density at radius 2 is 1.79 bits per heavy atom. The minimum Gasteiger partial charge on any atom is -0.497 e. The zero-order valence-electron chi connectivity index (χ0n) is 16.3. The van der Waals surface area contributed by atoms with E-state index in [9.17, 15) is 9.59 Å². The molecule has 0 spiro atoms. The van der Waals surface area contributed by atoms with Gasteiger partial charge >= 0.3 is 0 Å². The van der Waals surface area contributed by atoms with Gasteiger partial charge in [-0.25, -0.2) is 0 Å². The van der Waals surface area contributed by atoms with Gasteiger partial charge in [-0.05, 0) is 48.7 Å². The first-order chi connectivity index (χ1) is 14.1. The van der Waals surface area contributed by atoms with Crippen LogP contribution in [0.25, 0.3) is 0 Å². The fourth-order valence-corrected chi connectivity index (χ4v) is 3.65. The second-order valence-corrected chi connectivity index (χ2v) is 7.23. The summed E-state index contributed by atoms with van der Waals surface area (Å²) in [7, 11) is 1.62. The van der Waals surface area contributed by atoms with Crippen LogP contribution < -0.4 is 19.5 Å². The molecule has 2 aromatic carbocycles. The van der Waals surface area contributed by atoms with Gasteiger partial charge in [0.25, 0.3) is 5.91 Å². The van der Waals surface area contributed by atoms with Gasteiger partial charge < -0.3 is 24.4 Å². The Balaban J connectivity index is 1.26. The van der Waals surface area contributed by atoms with Crippen molar-refractivity contribution in [2.24, 2.45) is 0 Å². The molecule has 152 valence electrons. The lowest BCUT2D eigenvalue weighted by atomic mass is 10.0. The number of hydrogen-bond donors (Lipinski definition) is 1. The van der Waals surface area contributed by atoms with E-state index in [0.29, 0.717) is 36.6 Å². The normalized spacial score (nSPS) is 15.8. The van der Waals surface area contributed by atoms with Gasteiger partial charge in [0.2, 0.25) is 12.7 Å². The number of hydrogen-bond acceptors (Lipinski definition) is 5. The summed E-state index contributed by atoms with van der Waals surface area (Å²) >= 11 is 0. The summed E-state index contributed by atoms with van der Waals surface area (Å²) in [6, 6.07) is 12.8. The monoisotopic (exact) mass is 396 g/mol. The van der Waals surface area contributed by atoms with E-state index in [2.05, 4.69) is 5.32 Å². The molecule has 2 heterocycles. The van der Waals surface area contributed by atoms with Crippen LogP contribution in [0.1, 0.15) is 28.8 Å². The second-order valence-electron chi connectivity index (χ2n) is 7.23. The third kappa shape index (κ3) is 4.45. The minimum absolute atomic E-state index is 0.00397.